The van der Waals surface area contributed by atoms with Crippen LogP contribution in [0.4, 0.5) is 0 Å². The zero-order valence-electron chi connectivity index (χ0n) is 10.2. The Balaban J connectivity index is 3.84. The third kappa shape index (κ3) is 7.23. The second-order valence-electron chi connectivity index (χ2n) is 4.08. The summed E-state index contributed by atoms with van der Waals surface area (Å²) in [6.45, 7) is 6.86. The molecule has 0 aliphatic rings. The summed E-state index contributed by atoms with van der Waals surface area (Å²) < 4.78 is 9.64. The molecule has 94 valence electrons. The molecule has 1 N–H and O–H groups in total. The van der Waals surface area contributed by atoms with Gasteiger partial charge < -0.3 is 14.6 Å². The fourth-order valence-corrected chi connectivity index (χ4v) is 1.01. The van der Waals surface area contributed by atoms with E-state index in [0.29, 0.717) is 0 Å². The van der Waals surface area contributed by atoms with Crippen LogP contribution in [0.25, 0.3) is 0 Å². The van der Waals surface area contributed by atoms with Gasteiger partial charge in [-0.3, -0.25) is 4.79 Å². The highest BCUT2D eigenvalue weighted by molar-refractivity contribution is 5.76. The lowest BCUT2D eigenvalue weighted by molar-refractivity contribution is -0.158. The maximum Gasteiger partial charge on any atom is 0.335 e. The number of aliphatic hydroxyl groups excluding tert-OH is 1. The Morgan fingerprint density at radius 3 is 2.00 bits per heavy atom. The summed E-state index contributed by atoms with van der Waals surface area (Å²) in [7, 11) is 0. The number of esters is 2. The van der Waals surface area contributed by atoms with Crippen molar-refractivity contribution in [1.29, 1.82) is 0 Å². The van der Waals surface area contributed by atoms with Gasteiger partial charge in [0.15, 0.2) is 6.10 Å². The van der Waals surface area contributed by atoms with Crippen LogP contribution >= 0.6 is 0 Å². The predicted molar refractivity (Wildman–Crippen MR) is 57.7 cm³/mol. The minimum atomic E-state index is -1.26. The van der Waals surface area contributed by atoms with Gasteiger partial charge in [-0.1, -0.05) is 0 Å². The van der Waals surface area contributed by atoms with E-state index in [1.165, 1.54) is 0 Å². The van der Waals surface area contributed by atoms with E-state index in [1.54, 1.807) is 27.7 Å². The molecule has 5 heteroatoms. The van der Waals surface area contributed by atoms with Crippen LogP contribution in [0.1, 0.15) is 40.5 Å². The van der Waals surface area contributed by atoms with Crippen LogP contribution in [-0.2, 0) is 19.1 Å². The van der Waals surface area contributed by atoms with Crippen LogP contribution in [0.15, 0.2) is 0 Å². The summed E-state index contributed by atoms with van der Waals surface area (Å²) >= 11 is 0. The third-order valence-corrected chi connectivity index (χ3v) is 1.61. The minimum absolute atomic E-state index is 0.00649. The van der Waals surface area contributed by atoms with Crippen molar-refractivity contribution in [1.82, 2.24) is 0 Å². The fourth-order valence-electron chi connectivity index (χ4n) is 1.01. The Morgan fingerprint density at radius 2 is 1.56 bits per heavy atom. The zero-order valence-corrected chi connectivity index (χ0v) is 10.2. The molecule has 0 fully saturated rings. The Kier molecular flexibility index (Phi) is 6.72. The van der Waals surface area contributed by atoms with Gasteiger partial charge in [-0.2, -0.15) is 0 Å². The van der Waals surface area contributed by atoms with E-state index in [2.05, 4.69) is 0 Å². The van der Waals surface area contributed by atoms with Crippen LogP contribution in [-0.4, -0.2) is 35.4 Å². The molecule has 0 aromatic rings. The van der Waals surface area contributed by atoms with Gasteiger partial charge in [-0.05, 0) is 34.1 Å². The molecular weight excluding hydrogens is 212 g/mol. The molecule has 5 nitrogen and oxygen atoms in total. The molecule has 1 atom stereocenters. The van der Waals surface area contributed by atoms with Gasteiger partial charge >= 0.3 is 11.9 Å². The largest absolute Gasteiger partial charge is 0.463 e. The molecule has 0 saturated heterocycles. The molecule has 0 aromatic heterocycles. The molecule has 0 amide bonds. The molecular formula is C11H20O5. The first-order chi connectivity index (χ1) is 7.32. The van der Waals surface area contributed by atoms with Crippen molar-refractivity contribution in [3.05, 3.63) is 0 Å². The van der Waals surface area contributed by atoms with Crippen LogP contribution in [0.5, 0.6) is 0 Å². The molecule has 0 aromatic carbocycles. The summed E-state index contributed by atoms with van der Waals surface area (Å²) in [5, 5.41) is 9.37. The van der Waals surface area contributed by atoms with Crippen molar-refractivity contribution in [3.8, 4) is 0 Å². The van der Waals surface area contributed by atoms with Crippen molar-refractivity contribution in [2.24, 2.45) is 0 Å². The van der Waals surface area contributed by atoms with Crippen molar-refractivity contribution < 1.29 is 24.2 Å². The van der Waals surface area contributed by atoms with Gasteiger partial charge in [0, 0.05) is 6.42 Å². The Hall–Kier alpha value is -1.10. The molecule has 0 aliphatic heterocycles. The first-order valence-corrected chi connectivity index (χ1v) is 5.41. The lowest BCUT2D eigenvalue weighted by atomic mass is 10.2. The number of hydrogen-bond acceptors (Lipinski definition) is 5. The molecule has 0 unspecified atom stereocenters. The summed E-state index contributed by atoms with van der Waals surface area (Å²) in [5.74, 6) is -1.13. The highest BCUT2D eigenvalue weighted by Gasteiger charge is 2.19. The number of rotatable bonds is 6. The van der Waals surface area contributed by atoms with Crippen molar-refractivity contribution in [3.63, 3.8) is 0 Å². The summed E-state index contributed by atoms with van der Waals surface area (Å²) in [6.07, 6.45) is -1.69. The van der Waals surface area contributed by atoms with E-state index >= 15 is 0 Å². The normalized spacial score (nSPS) is 12.7. The minimum Gasteiger partial charge on any atom is -0.463 e. The van der Waals surface area contributed by atoms with E-state index < -0.39 is 18.0 Å². The number of carbonyl (C=O) groups excluding carboxylic acids is 2. The average molecular weight is 232 g/mol. The van der Waals surface area contributed by atoms with Gasteiger partial charge in [0.2, 0.25) is 0 Å². The van der Waals surface area contributed by atoms with Crippen LogP contribution < -0.4 is 0 Å². The van der Waals surface area contributed by atoms with Gasteiger partial charge in [0.25, 0.3) is 0 Å². The summed E-state index contributed by atoms with van der Waals surface area (Å²) in [4.78, 5) is 22.3. The smallest absolute Gasteiger partial charge is 0.335 e. The molecule has 0 saturated carbocycles. The van der Waals surface area contributed by atoms with Crippen molar-refractivity contribution in [2.75, 3.05) is 0 Å². The van der Waals surface area contributed by atoms with Gasteiger partial charge in [0.1, 0.15) is 0 Å². The molecule has 16 heavy (non-hydrogen) atoms. The highest BCUT2D eigenvalue weighted by Crippen LogP contribution is 2.04. The fraction of sp³-hybridized carbons (Fsp3) is 0.818. The van der Waals surface area contributed by atoms with Crippen molar-refractivity contribution >= 4 is 11.9 Å². The Labute approximate surface area is 95.7 Å². The lowest BCUT2D eigenvalue weighted by Gasteiger charge is -2.13. The third-order valence-electron chi connectivity index (χ3n) is 1.61. The van der Waals surface area contributed by atoms with Gasteiger partial charge in [0.05, 0.1) is 12.2 Å². The van der Waals surface area contributed by atoms with Crippen LogP contribution in [0.3, 0.4) is 0 Å². The SMILES string of the molecule is CC(C)OC(=O)CC[C@@H](O)C(=O)OC(C)C. The highest BCUT2D eigenvalue weighted by atomic mass is 16.6. The van der Waals surface area contributed by atoms with Crippen LogP contribution in [0.2, 0.25) is 0 Å². The molecule has 0 bridgehead atoms. The maximum atomic E-state index is 11.2. The van der Waals surface area contributed by atoms with Gasteiger partial charge in [-0.25, -0.2) is 4.79 Å². The quantitative estimate of drug-likeness (QED) is 0.692. The second-order valence-corrected chi connectivity index (χ2v) is 4.08. The van der Waals surface area contributed by atoms with E-state index in [1.807, 2.05) is 0 Å². The summed E-state index contributed by atoms with van der Waals surface area (Å²) in [5.41, 5.74) is 0. The second kappa shape index (κ2) is 7.22. The van der Waals surface area contributed by atoms with E-state index in [4.69, 9.17) is 9.47 Å². The number of hydrogen-bond donors (Lipinski definition) is 1. The number of carbonyl (C=O) groups is 2. The lowest BCUT2D eigenvalue weighted by Crippen LogP contribution is -2.26. The molecule has 0 aliphatic carbocycles. The Morgan fingerprint density at radius 1 is 1.06 bits per heavy atom. The molecule has 0 spiro atoms. The zero-order chi connectivity index (χ0) is 12.7. The average Bonchev–Trinajstić information content (AvgIpc) is 2.11. The van der Waals surface area contributed by atoms with Crippen molar-refractivity contribution in [2.45, 2.75) is 58.8 Å². The number of ether oxygens (including phenoxy) is 2. The molecule has 0 radical (unpaired) electrons. The predicted octanol–water partition coefficient (Wildman–Crippen LogP) is 1.03. The van der Waals surface area contributed by atoms with Crippen LogP contribution in [0, 0.1) is 0 Å². The Bertz CT molecular complexity index is 235. The molecule has 0 heterocycles. The van der Waals surface area contributed by atoms with E-state index in [-0.39, 0.29) is 25.0 Å². The summed E-state index contributed by atoms with van der Waals surface area (Å²) in [6, 6.07) is 0. The van der Waals surface area contributed by atoms with E-state index in [9.17, 15) is 14.7 Å². The molecule has 0 rings (SSSR count). The first kappa shape index (κ1) is 14.9. The first-order valence-electron chi connectivity index (χ1n) is 5.41. The monoisotopic (exact) mass is 232 g/mol. The standard InChI is InChI=1S/C11H20O5/c1-7(2)15-10(13)6-5-9(12)11(14)16-8(3)4/h7-9,12H,5-6H2,1-4H3/t9-/m1/s1. The van der Waals surface area contributed by atoms with E-state index in [0.717, 1.165) is 0 Å². The number of aliphatic hydroxyl groups is 1. The maximum absolute atomic E-state index is 11.2. The van der Waals surface area contributed by atoms with Gasteiger partial charge in [-0.15, -0.1) is 0 Å². The topological polar surface area (TPSA) is 72.8 Å².